The molecule has 1 unspecified atom stereocenters. The molecule has 1 aromatic rings. The Bertz CT molecular complexity index is 522. The van der Waals surface area contributed by atoms with Crippen molar-refractivity contribution in [2.45, 2.75) is 45.8 Å². The van der Waals surface area contributed by atoms with Crippen LogP contribution in [0, 0.1) is 0 Å². The minimum atomic E-state index is -0.438. The molecule has 5 nitrogen and oxygen atoms in total. The average Bonchev–Trinajstić information content (AvgIpc) is 2.46. The summed E-state index contributed by atoms with van der Waals surface area (Å²) >= 11 is 0. The molecule has 1 aliphatic heterocycles. The lowest BCUT2D eigenvalue weighted by molar-refractivity contribution is 0.00598. The minimum Gasteiger partial charge on any atom is -0.444 e. The van der Waals surface area contributed by atoms with Gasteiger partial charge >= 0.3 is 6.09 Å². The molecule has 1 saturated heterocycles. The number of hydrogen-bond acceptors (Lipinski definition) is 4. The number of nitrogens with zero attached hydrogens (tertiary/aromatic N) is 2. The third-order valence-corrected chi connectivity index (χ3v) is 4.08. The number of piperazine rings is 1. The van der Waals surface area contributed by atoms with Crippen LogP contribution in [0.3, 0.4) is 0 Å². The average molecular weight is 319 g/mol. The van der Waals surface area contributed by atoms with E-state index in [-0.39, 0.29) is 6.09 Å². The van der Waals surface area contributed by atoms with Gasteiger partial charge in [0, 0.05) is 37.9 Å². The Morgan fingerprint density at radius 3 is 2.48 bits per heavy atom. The molecule has 0 radical (unpaired) electrons. The maximum absolute atomic E-state index is 12.2. The lowest BCUT2D eigenvalue weighted by atomic mass is 10.1. The molecule has 0 saturated carbocycles. The van der Waals surface area contributed by atoms with Crippen LogP contribution >= 0.6 is 0 Å². The van der Waals surface area contributed by atoms with E-state index in [1.165, 1.54) is 5.56 Å². The maximum atomic E-state index is 12.2. The summed E-state index contributed by atoms with van der Waals surface area (Å²) in [5, 5.41) is 0. The van der Waals surface area contributed by atoms with Gasteiger partial charge in [-0.2, -0.15) is 0 Å². The van der Waals surface area contributed by atoms with E-state index in [1.807, 2.05) is 37.8 Å². The first-order valence-electron chi connectivity index (χ1n) is 8.31. The number of hydrogen-bond donors (Lipinski definition) is 1. The molecule has 23 heavy (non-hydrogen) atoms. The fraction of sp³-hybridized carbons (Fsp3) is 0.611. The number of benzene rings is 1. The third kappa shape index (κ3) is 5.43. The van der Waals surface area contributed by atoms with Crippen molar-refractivity contribution < 1.29 is 9.53 Å². The number of ether oxygens (including phenoxy) is 1. The Hall–Kier alpha value is -1.75. The summed E-state index contributed by atoms with van der Waals surface area (Å²) in [7, 11) is 0. The van der Waals surface area contributed by atoms with Crippen molar-refractivity contribution in [3.63, 3.8) is 0 Å². The van der Waals surface area contributed by atoms with Crippen molar-refractivity contribution in [2.75, 3.05) is 31.9 Å². The molecule has 1 aromatic carbocycles. The molecule has 1 fully saturated rings. The van der Waals surface area contributed by atoms with Gasteiger partial charge in [-0.3, -0.25) is 4.90 Å². The Labute approximate surface area is 139 Å². The molecule has 128 valence electrons. The van der Waals surface area contributed by atoms with Crippen LogP contribution in [0.25, 0.3) is 0 Å². The van der Waals surface area contributed by atoms with E-state index in [9.17, 15) is 4.79 Å². The summed E-state index contributed by atoms with van der Waals surface area (Å²) in [6.07, 6.45) is 0.791. The van der Waals surface area contributed by atoms with E-state index in [4.69, 9.17) is 10.5 Å². The smallest absolute Gasteiger partial charge is 0.410 e. The quantitative estimate of drug-likeness (QED) is 0.870. The van der Waals surface area contributed by atoms with Crippen molar-refractivity contribution in [3.8, 4) is 0 Å². The van der Waals surface area contributed by atoms with Crippen LogP contribution in [0.15, 0.2) is 24.3 Å². The number of carbonyl (C=O) groups excluding carboxylic acids is 1. The molecule has 1 atom stereocenters. The van der Waals surface area contributed by atoms with Gasteiger partial charge < -0.3 is 15.4 Å². The fourth-order valence-corrected chi connectivity index (χ4v) is 2.78. The minimum absolute atomic E-state index is 0.206. The predicted octanol–water partition coefficient (Wildman–Crippen LogP) is 2.75. The summed E-state index contributed by atoms with van der Waals surface area (Å²) in [4.78, 5) is 16.4. The standard InChI is InChI=1S/C18H29N3O2/c1-14-13-21(17(22)23-18(2,3)4)12-11-20(14)10-9-15-5-7-16(19)8-6-15/h5-8,14H,9-13,19H2,1-4H3. The normalized spacial score (nSPS) is 19.7. The number of nitrogen functional groups attached to an aromatic ring is 1. The van der Waals surface area contributed by atoms with Crippen molar-refractivity contribution in [2.24, 2.45) is 0 Å². The molecule has 1 amide bonds. The van der Waals surface area contributed by atoms with E-state index in [1.54, 1.807) is 0 Å². The Kier molecular flexibility index (Phi) is 5.52. The van der Waals surface area contributed by atoms with Gasteiger partial charge in [-0.1, -0.05) is 12.1 Å². The number of amides is 1. The van der Waals surface area contributed by atoms with Crippen molar-refractivity contribution in [1.29, 1.82) is 0 Å². The van der Waals surface area contributed by atoms with Gasteiger partial charge in [-0.05, 0) is 51.8 Å². The van der Waals surface area contributed by atoms with Gasteiger partial charge in [0.05, 0.1) is 0 Å². The first kappa shape index (κ1) is 17.6. The van der Waals surface area contributed by atoms with Crippen molar-refractivity contribution in [1.82, 2.24) is 9.80 Å². The number of nitrogens with two attached hydrogens (primary N) is 1. The zero-order valence-electron chi connectivity index (χ0n) is 14.7. The second-order valence-corrected chi connectivity index (χ2v) is 7.30. The molecule has 0 bridgehead atoms. The summed E-state index contributed by atoms with van der Waals surface area (Å²) in [6, 6.07) is 8.39. The van der Waals surface area contributed by atoms with Crippen LogP contribution in [0.2, 0.25) is 0 Å². The van der Waals surface area contributed by atoms with Crippen LogP contribution in [-0.4, -0.2) is 53.7 Å². The SMILES string of the molecule is CC1CN(C(=O)OC(C)(C)C)CCN1CCc1ccc(N)cc1. The van der Waals surface area contributed by atoms with Crippen molar-refractivity contribution >= 4 is 11.8 Å². The summed E-state index contributed by atoms with van der Waals surface area (Å²) in [6.45, 7) is 11.2. The Morgan fingerprint density at radius 1 is 1.26 bits per heavy atom. The van der Waals surface area contributed by atoms with Crippen LogP contribution in [0.1, 0.15) is 33.3 Å². The highest BCUT2D eigenvalue weighted by Gasteiger charge is 2.29. The number of anilines is 1. The van der Waals surface area contributed by atoms with Gasteiger partial charge in [-0.15, -0.1) is 0 Å². The van der Waals surface area contributed by atoms with E-state index in [0.29, 0.717) is 6.04 Å². The Balaban J connectivity index is 1.82. The highest BCUT2D eigenvalue weighted by atomic mass is 16.6. The van der Waals surface area contributed by atoms with E-state index in [2.05, 4.69) is 24.0 Å². The molecule has 5 heteroatoms. The highest BCUT2D eigenvalue weighted by Crippen LogP contribution is 2.15. The van der Waals surface area contributed by atoms with Crippen LogP contribution in [0.4, 0.5) is 10.5 Å². The zero-order valence-corrected chi connectivity index (χ0v) is 14.7. The van der Waals surface area contributed by atoms with Crippen LogP contribution < -0.4 is 5.73 Å². The number of carbonyl (C=O) groups is 1. The molecule has 2 N–H and O–H groups in total. The number of rotatable bonds is 3. The van der Waals surface area contributed by atoms with Gasteiger partial charge in [0.15, 0.2) is 0 Å². The molecule has 1 aliphatic rings. The highest BCUT2D eigenvalue weighted by molar-refractivity contribution is 5.68. The lowest BCUT2D eigenvalue weighted by Crippen LogP contribution is -2.54. The molecule has 1 heterocycles. The summed E-state index contributed by atoms with van der Waals surface area (Å²) in [5.41, 5.74) is 7.37. The topological polar surface area (TPSA) is 58.8 Å². The van der Waals surface area contributed by atoms with Gasteiger partial charge in [0.25, 0.3) is 0 Å². The second kappa shape index (κ2) is 7.21. The third-order valence-electron chi connectivity index (χ3n) is 4.08. The molecular formula is C18H29N3O2. The van der Waals surface area contributed by atoms with E-state index < -0.39 is 5.60 Å². The van der Waals surface area contributed by atoms with Gasteiger partial charge in [-0.25, -0.2) is 4.79 Å². The summed E-state index contributed by atoms with van der Waals surface area (Å²) < 4.78 is 5.46. The maximum Gasteiger partial charge on any atom is 0.410 e. The molecule has 0 spiro atoms. The first-order chi connectivity index (χ1) is 10.7. The molecule has 0 aromatic heterocycles. The molecule has 0 aliphatic carbocycles. The predicted molar refractivity (Wildman–Crippen MR) is 93.4 cm³/mol. The van der Waals surface area contributed by atoms with E-state index >= 15 is 0 Å². The molecule has 2 rings (SSSR count). The lowest BCUT2D eigenvalue weighted by Gasteiger charge is -2.40. The second-order valence-electron chi connectivity index (χ2n) is 7.30. The largest absolute Gasteiger partial charge is 0.444 e. The van der Waals surface area contributed by atoms with E-state index in [0.717, 1.165) is 38.3 Å². The van der Waals surface area contributed by atoms with Crippen LogP contribution in [-0.2, 0) is 11.2 Å². The summed E-state index contributed by atoms with van der Waals surface area (Å²) in [5.74, 6) is 0. The Morgan fingerprint density at radius 2 is 1.91 bits per heavy atom. The van der Waals surface area contributed by atoms with Gasteiger partial charge in [0.1, 0.15) is 5.60 Å². The molecular weight excluding hydrogens is 290 g/mol. The van der Waals surface area contributed by atoms with Gasteiger partial charge in [0.2, 0.25) is 0 Å². The van der Waals surface area contributed by atoms with Crippen LogP contribution in [0.5, 0.6) is 0 Å². The van der Waals surface area contributed by atoms with Crippen molar-refractivity contribution in [3.05, 3.63) is 29.8 Å². The monoisotopic (exact) mass is 319 g/mol. The fourth-order valence-electron chi connectivity index (χ4n) is 2.78. The zero-order chi connectivity index (χ0) is 17.0. The first-order valence-corrected chi connectivity index (χ1v) is 8.31.